The van der Waals surface area contributed by atoms with E-state index in [1.54, 1.807) is 30.3 Å². The number of carboxylic acids is 1. The molecule has 1 aliphatic heterocycles. The third kappa shape index (κ3) is 5.48. The van der Waals surface area contributed by atoms with Gasteiger partial charge in [0.25, 0.3) is 5.79 Å². The predicted molar refractivity (Wildman–Crippen MR) is 97.2 cm³/mol. The van der Waals surface area contributed by atoms with Gasteiger partial charge >= 0.3 is 5.97 Å². The second kappa shape index (κ2) is 10.1. The second-order valence-electron chi connectivity index (χ2n) is 6.73. The van der Waals surface area contributed by atoms with Crippen LogP contribution in [-0.4, -0.2) is 86.8 Å². The number of hydrogen-bond donors (Lipinski definition) is 7. The zero-order valence-electron chi connectivity index (χ0n) is 15.5. The fourth-order valence-electron chi connectivity index (χ4n) is 3.08. The molecular weight excluding hydrogens is 388 g/mol. The lowest BCUT2D eigenvalue weighted by Gasteiger charge is -2.46. The van der Waals surface area contributed by atoms with E-state index in [1.807, 2.05) is 0 Å². The Morgan fingerprint density at radius 2 is 1.97 bits per heavy atom. The standard InChI is InChI=1S/C18H26N2O9/c19-7-12(23)15(25)16-14(20-13(24)8-21)11(22)6-18(29-16,17(26)27)28-9-10-4-2-1-3-5-10/h1-5,11-12,14-16,21-23,25H,6-9,19H2,(H,20,24)(H,26,27)/t11-,12+,14+,15+,16+,18+/m0/s1. The summed E-state index contributed by atoms with van der Waals surface area (Å²) in [6, 6.07) is 7.30. The Bertz CT molecular complexity index is 689. The molecule has 162 valence electrons. The van der Waals surface area contributed by atoms with Crippen LogP contribution in [0.1, 0.15) is 12.0 Å². The molecule has 0 unspecified atom stereocenters. The lowest BCUT2D eigenvalue weighted by Crippen LogP contribution is -2.68. The number of amides is 1. The number of nitrogens with one attached hydrogen (secondary N) is 1. The molecule has 0 aromatic heterocycles. The summed E-state index contributed by atoms with van der Waals surface area (Å²) in [4.78, 5) is 23.6. The highest BCUT2D eigenvalue weighted by atomic mass is 16.7. The normalized spacial score (nSPS) is 29.1. The Kier molecular flexibility index (Phi) is 8.05. The number of carboxylic acid groups (broad SMARTS) is 1. The molecule has 11 heteroatoms. The van der Waals surface area contributed by atoms with Crippen molar-refractivity contribution >= 4 is 11.9 Å². The zero-order chi connectivity index (χ0) is 21.6. The first-order chi connectivity index (χ1) is 13.7. The van der Waals surface area contributed by atoms with E-state index in [0.29, 0.717) is 5.56 Å². The largest absolute Gasteiger partial charge is 0.477 e. The molecule has 1 saturated heterocycles. The molecule has 11 nitrogen and oxygen atoms in total. The second-order valence-corrected chi connectivity index (χ2v) is 6.73. The SMILES string of the molecule is NC[C@@H](O)[C@@H](O)[C@@H]1O[C@@](OCc2ccccc2)(C(=O)O)C[C@H](O)[C@H]1NC(=O)CO. The van der Waals surface area contributed by atoms with Crippen molar-refractivity contribution in [3.8, 4) is 0 Å². The average molecular weight is 414 g/mol. The zero-order valence-corrected chi connectivity index (χ0v) is 15.5. The van der Waals surface area contributed by atoms with E-state index in [-0.39, 0.29) is 13.2 Å². The van der Waals surface area contributed by atoms with Crippen LogP contribution in [0.2, 0.25) is 0 Å². The summed E-state index contributed by atoms with van der Waals surface area (Å²) in [7, 11) is 0. The lowest BCUT2D eigenvalue weighted by atomic mass is 9.88. The summed E-state index contributed by atoms with van der Waals surface area (Å²) in [5.74, 6) is -4.79. The smallest absolute Gasteiger partial charge is 0.364 e. The molecule has 0 spiro atoms. The molecule has 0 bridgehead atoms. The average Bonchev–Trinajstić information content (AvgIpc) is 2.73. The van der Waals surface area contributed by atoms with E-state index >= 15 is 0 Å². The van der Waals surface area contributed by atoms with Crippen LogP contribution in [0.5, 0.6) is 0 Å². The number of rotatable bonds is 9. The molecule has 1 aromatic rings. The van der Waals surface area contributed by atoms with E-state index < -0.39 is 61.1 Å². The maximum atomic E-state index is 12.0. The molecule has 1 aliphatic rings. The van der Waals surface area contributed by atoms with Gasteiger partial charge in [-0.15, -0.1) is 0 Å². The maximum absolute atomic E-state index is 12.0. The number of hydrogen-bond acceptors (Lipinski definition) is 9. The van der Waals surface area contributed by atoms with Crippen molar-refractivity contribution in [1.29, 1.82) is 0 Å². The lowest BCUT2D eigenvalue weighted by molar-refractivity contribution is -0.314. The Labute approximate surface area is 166 Å². The molecule has 0 radical (unpaired) electrons. The van der Waals surface area contributed by atoms with E-state index in [9.17, 15) is 30.0 Å². The summed E-state index contributed by atoms with van der Waals surface area (Å²) < 4.78 is 11.0. The first kappa shape index (κ1) is 23.2. The first-order valence-corrected chi connectivity index (χ1v) is 8.97. The number of carbonyl (C=O) groups excluding carboxylic acids is 1. The van der Waals surface area contributed by atoms with Crippen LogP contribution >= 0.6 is 0 Å². The summed E-state index contributed by atoms with van der Waals surface area (Å²) in [6.07, 6.45) is -6.97. The van der Waals surface area contributed by atoms with Gasteiger partial charge in [0.05, 0.1) is 24.9 Å². The minimum absolute atomic E-state index is 0.171. The van der Waals surface area contributed by atoms with Gasteiger partial charge in [0.1, 0.15) is 18.8 Å². The summed E-state index contributed by atoms with van der Waals surface area (Å²) in [5, 5.41) is 51.8. The minimum Gasteiger partial charge on any atom is -0.477 e. The predicted octanol–water partition coefficient (Wildman–Crippen LogP) is -2.71. The van der Waals surface area contributed by atoms with E-state index in [2.05, 4.69) is 5.32 Å². The molecule has 1 aromatic carbocycles. The first-order valence-electron chi connectivity index (χ1n) is 8.97. The van der Waals surface area contributed by atoms with Gasteiger partial charge in [-0.25, -0.2) is 4.79 Å². The molecule has 1 heterocycles. The number of aliphatic hydroxyl groups is 4. The third-order valence-corrected chi connectivity index (χ3v) is 4.66. The van der Waals surface area contributed by atoms with Crippen molar-refractivity contribution in [3.63, 3.8) is 0 Å². The fraction of sp³-hybridized carbons (Fsp3) is 0.556. The van der Waals surface area contributed by atoms with Gasteiger partial charge in [0.2, 0.25) is 5.91 Å². The van der Waals surface area contributed by atoms with Crippen LogP contribution < -0.4 is 11.1 Å². The van der Waals surface area contributed by atoms with Crippen LogP contribution in [0.25, 0.3) is 0 Å². The molecule has 8 N–H and O–H groups in total. The fourth-order valence-corrected chi connectivity index (χ4v) is 3.08. The molecular formula is C18H26N2O9. The number of carbonyl (C=O) groups is 2. The highest BCUT2D eigenvalue weighted by Gasteiger charge is 2.55. The molecule has 0 aliphatic carbocycles. The molecule has 6 atom stereocenters. The Hall–Kier alpha value is -2.12. The monoisotopic (exact) mass is 414 g/mol. The van der Waals surface area contributed by atoms with Gasteiger partial charge in [0.15, 0.2) is 0 Å². The minimum atomic E-state index is -2.35. The van der Waals surface area contributed by atoms with Gasteiger partial charge < -0.3 is 46.1 Å². The van der Waals surface area contributed by atoms with Crippen LogP contribution in [0.4, 0.5) is 0 Å². The van der Waals surface area contributed by atoms with Gasteiger partial charge in [0, 0.05) is 13.0 Å². The Morgan fingerprint density at radius 3 is 2.52 bits per heavy atom. The molecule has 0 saturated carbocycles. The topological polar surface area (TPSA) is 192 Å². The van der Waals surface area contributed by atoms with Gasteiger partial charge in [-0.1, -0.05) is 30.3 Å². The molecule has 29 heavy (non-hydrogen) atoms. The van der Waals surface area contributed by atoms with Crippen molar-refractivity contribution in [2.24, 2.45) is 5.73 Å². The summed E-state index contributed by atoms with van der Waals surface area (Å²) >= 11 is 0. The Balaban J connectivity index is 2.31. The van der Waals surface area contributed by atoms with Crippen LogP contribution in [0.15, 0.2) is 30.3 Å². The Morgan fingerprint density at radius 1 is 1.31 bits per heavy atom. The number of ether oxygens (including phenoxy) is 2. The van der Waals surface area contributed by atoms with Crippen LogP contribution in [-0.2, 0) is 25.7 Å². The maximum Gasteiger partial charge on any atom is 0.364 e. The van der Waals surface area contributed by atoms with Crippen LogP contribution in [0.3, 0.4) is 0 Å². The quantitative estimate of drug-likeness (QED) is 0.223. The van der Waals surface area contributed by atoms with Crippen molar-refractivity contribution in [2.45, 2.75) is 49.3 Å². The third-order valence-electron chi connectivity index (χ3n) is 4.66. The number of nitrogens with two attached hydrogens (primary N) is 1. The molecule has 1 amide bonds. The van der Waals surface area contributed by atoms with Crippen LogP contribution in [0, 0.1) is 0 Å². The molecule has 1 fully saturated rings. The number of aliphatic carboxylic acids is 1. The van der Waals surface area contributed by atoms with Gasteiger partial charge in [-0.05, 0) is 5.56 Å². The summed E-state index contributed by atoms with van der Waals surface area (Å²) in [5.41, 5.74) is 5.99. The number of aliphatic hydroxyl groups excluding tert-OH is 4. The highest BCUT2D eigenvalue weighted by Crippen LogP contribution is 2.34. The molecule has 2 rings (SSSR count). The van der Waals surface area contributed by atoms with E-state index in [0.717, 1.165) is 0 Å². The van der Waals surface area contributed by atoms with Crippen molar-refractivity contribution in [2.75, 3.05) is 13.2 Å². The van der Waals surface area contributed by atoms with Crippen molar-refractivity contribution in [3.05, 3.63) is 35.9 Å². The number of benzene rings is 1. The van der Waals surface area contributed by atoms with Gasteiger partial charge in [-0.3, -0.25) is 4.79 Å². The van der Waals surface area contributed by atoms with E-state index in [4.69, 9.17) is 20.3 Å². The highest BCUT2D eigenvalue weighted by molar-refractivity contribution is 5.78. The van der Waals surface area contributed by atoms with E-state index in [1.165, 1.54) is 0 Å². The van der Waals surface area contributed by atoms with Gasteiger partial charge in [-0.2, -0.15) is 0 Å². The van der Waals surface area contributed by atoms with Crippen molar-refractivity contribution < 1.29 is 44.6 Å². The van der Waals surface area contributed by atoms with Crippen molar-refractivity contribution in [1.82, 2.24) is 5.32 Å². The summed E-state index contributed by atoms with van der Waals surface area (Å²) in [6.45, 7) is -1.46.